The van der Waals surface area contributed by atoms with E-state index in [0.29, 0.717) is 17.7 Å². The Morgan fingerprint density at radius 1 is 1.00 bits per heavy atom. The molecule has 2 aromatic carbocycles. The van der Waals surface area contributed by atoms with Crippen LogP contribution in [-0.2, 0) is 12.0 Å². The van der Waals surface area contributed by atoms with Gasteiger partial charge in [-0.15, -0.1) is 0 Å². The van der Waals surface area contributed by atoms with E-state index < -0.39 is 5.97 Å². The van der Waals surface area contributed by atoms with Crippen LogP contribution in [0.25, 0.3) is 0 Å². The van der Waals surface area contributed by atoms with Crippen LogP contribution in [0.3, 0.4) is 0 Å². The zero-order chi connectivity index (χ0) is 22.6. The van der Waals surface area contributed by atoms with Gasteiger partial charge in [0.25, 0.3) is 0 Å². The number of benzene rings is 2. The second-order valence-electron chi connectivity index (χ2n) is 10.5. The Morgan fingerprint density at radius 2 is 1.67 bits per heavy atom. The number of carbonyl (C=O) groups is 1. The molecule has 4 fully saturated rings. The lowest BCUT2D eigenvalue weighted by Crippen LogP contribution is -2.48. The number of nitrogens with zero attached hydrogens (tertiary/aromatic N) is 1. The highest BCUT2D eigenvalue weighted by molar-refractivity contribution is 6.33. The van der Waals surface area contributed by atoms with Gasteiger partial charge >= 0.3 is 5.97 Å². The molecular formula is C28H29ClN2O2. The molecule has 33 heavy (non-hydrogen) atoms. The molecule has 0 aliphatic heterocycles. The molecule has 4 aliphatic carbocycles. The molecule has 7 rings (SSSR count). The zero-order valence-corrected chi connectivity index (χ0v) is 19.4. The molecule has 1 heterocycles. The molecule has 0 unspecified atom stereocenters. The summed E-state index contributed by atoms with van der Waals surface area (Å²) in [6, 6.07) is 18.1. The van der Waals surface area contributed by atoms with Crippen LogP contribution in [0.5, 0.6) is 0 Å². The Bertz CT molecular complexity index is 1160. The largest absolute Gasteiger partial charge is 0.477 e. The first-order valence-electron chi connectivity index (χ1n) is 12.0. The average Bonchev–Trinajstić information content (AvgIpc) is 3.24. The number of hydrogen-bond acceptors (Lipinski definition) is 2. The quantitative estimate of drug-likeness (QED) is 0.412. The van der Waals surface area contributed by atoms with Gasteiger partial charge in [-0.25, -0.2) is 4.79 Å². The van der Waals surface area contributed by atoms with E-state index in [2.05, 4.69) is 23.5 Å². The molecule has 170 valence electrons. The van der Waals surface area contributed by atoms with E-state index in [1.807, 2.05) is 24.3 Å². The van der Waals surface area contributed by atoms with Crippen molar-refractivity contribution in [1.29, 1.82) is 0 Å². The third-order valence-corrected chi connectivity index (χ3v) is 8.57. The number of nitrogens with one attached hydrogen (secondary N) is 1. The first-order valence-corrected chi connectivity index (χ1v) is 12.4. The fourth-order valence-corrected chi connectivity index (χ4v) is 7.43. The second kappa shape index (κ2) is 7.95. The van der Waals surface area contributed by atoms with Crippen molar-refractivity contribution in [1.82, 2.24) is 4.57 Å². The molecule has 0 spiro atoms. The molecule has 4 bridgehead atoms. The van der Waals surface area contributed by atoms with E-state index in [0.717, 1.165) is 39.7 Å². The number of anilines is 2. The number of carboxylic acids is 1. The van der Waals surface area contributed by atoms with Crippen LogP contribution in [0.1, 0.15) is 60.1 Å². The molecule has 1 aromatic heterocycles. The number of halogens is 1. The summed E-state index contributed by atoms with van der Waals surface area (Å²) in [7, 11) is 0. The van der Waals surface area contributed by atoms with Crippen LogP contribution in [0.15, 0.2) is 60.8 Å². The Hall–Kier alpha value is -2.72. The van der Waals surface area contributed by atoms with Crippen molar-refractivity contribution in [3.8, 4) is 0 Å². The van der Waals surface area contributed by atoms with E-state index in [1.165, 1.54) is 44.1 Å². The summed E-state index contributed by atoms with van der Waals surface area (Å²) >= 11 is 6.77. The van der Waals surface area contributed by atoms with Gasteiger partial charge in [-0.1, -0.05) is 29.8 Å². The molecule has 4 aliphatic rings. The van der Waals surface area contributed by atoms with E-state index in [-0.39, 0.29) is 0 Å². The second-order valence-corrected chi connectivity index (χ2v) is 10.9. The van der Waals surface area contributed by atoms with Crippen LogP contribution < -0.4 is 5.32 Å². The molecule has 0 amide bonds. The summed E-state index contributed by atoms with van der Waals surface area (Å²) < 4.78 is 1.74. The Kier molecular flexibility index (Phi) is 5.02. The normalized spacial score (nSPS) is 27.6. The van der Waals surface area contributed by atoms with Gasteiger partial charge in [-0.2, -0.15) is 0 Å². The summed E-state index contributed by atoms with van der Waals surface area (Å²) in [5, 5.41) is 13.5. The maximum atomic E-state index is 11.3. The van der Waals surface area contributed by atoms with E-state index in [1.54, 1.807) is 22.9 Å². The van der Waals surface area contributed by atoms with Crippen LogP contribution in [0, 0.1) is 17.8 Å². The highest BCUT2D eigenvalue weighted by Crippen LogP contribution is 2.61. The smallest absolute Gasteiger partial charge is 0.352 e. The van der Waals surface area contributed by atoms with Crippen molar-refractivity contribution in [2.45, 2.75) is 50.5 Å². The fraction of sp³-hybridized carbons (Fsp3) is 0.393. The predicted octanol–water partition coefficient (Wildman–Crippen LogP) is 7.10. The lowest BCUT2D eigenvalue weighted by molar-refractivity contribution is -0.00518. The highest BCUT2D eigenvalue weighted by atomic mass is 35.5. The van der Waals surface area contributed by atoms with Crippen molar-refractivity contribution in [3.05, 3.63) is 82.6 Å². The van der Waals surface area contributed by atoms with E-state index in [9.17, 15) is 9.90 Å². The number of carboxylic acid groups (broad SMARTS) is 1. The predicted molar refractivity (Wildman–Crippen MR) is 132 cm³/mol. The van der Waals surface area contributed by atoms with Crippen molar-refractivity contribution in [2.75, 3.05) is 5.32 Å². The third-order valence-electron chi connectivity index (χ3n) is 8.25. The first-order chi connectivity index (χ1) is 16.0. The summed E-state index contributed by atoms with van der Waals surface area (Å²) in [4.78, 5) is 11.3. The van der Waals surface area contributed by atoms with Crippen molar-refractivity contribution in [3.63, 3.8) is 0 Å². The molecular weight excluding hydrogens is 432 g/mol. The molecule has 4 nitrogen and oxygen atoms in total. The van der Waals surface area contributed by atoms with Gasteiger partial charge < -0.3 is 15.0 Å². The van der Waals surface area contributed by atoms with E-state index in [4.69, 9.17) is 11.6 Å². The van der Waals surface area contributed by atoms with Gasteiger partial charge in [0.2, 0.25) is 0 Å². The minimum Gasteiger partial charge on any atom is -0.477 e. The fourth-order valence-electron chi connectivity index (χ4n) is 7.20. The van der Waals surface area contributed by atoms with Crippen molar-refractivity contribution >= 4 is 28.9 Å². The first kappa shape index (κ1) is 20.9. The third kappa shape index (κ3) is 3.85. The summed E-state index contributed by atoms with van der Waals surface area (Å²) in [5.74, 6) is 1.85. The van der Waals surface area contributed by atoms with Crippen LogP contribution >= 0.6 is 11.6 Å². The maximum absolute atomic E-state index is 11.3. The zero-order valence-electron chi connectivity index (χ0n) is 18.6. The molecule has 5 heteroatoms. The molecule has 0 radical (unpaired) electrons. The Balaban J connectivity index is 1.17. The molecule has 0 atom stereocenters. The monoisotopic (exact) mass is 460 g/mol. The average molecular weight is 461 g/mol. The number of hydrogen-bond donors (Lipinski definition) is 2. The van der Waals surface area contributed by atoms with Gasteiger partial charge in [0.1, 0.15) is 5.69 Å². The summed E-state index contributed by atoms with van der Waals surface area (Å²) in [6.07, 6.45) is 10.2. The standard InChI is InChI=1S/C28H29ClN2O2/c29-24-13-22(28-14-19-10-20(15-28)12-21(11-19)16-28)5-8-25(24)30-23-6-3-18(4-7-23)17-31-9-1-2-26(31)27(32)33/h1-9,13,19-21,30H,10-12,14-17H2,(H,32,33). The SMILES string of the molecule is O=C(O)c1cccn1Cc1ccc(Nc2ccc(C34CC5CC(CC(C5)C3)C4)cc2Cl)cc1. The van der Waals surface area contributed by atoms with Gasteiger partial charge in [-0.3, -0.25) is 0 Å². The number of aromatic nitrogens is 1. The minimum absolute atomic E-state index is 0.295. The molecule has 4 saturated carbocycles. The number of aromatic carboxylic acids is 1. The van der Waals surface area contributed by atoms with Gasteiger partial charge in [0.05, 0.1) is 10.7 Å². The van der Waals surface area contributed by atoms with Gasteiger partial charge in [-0.05, 0) is 109 Å². The van der Waals surface area contributed by atoms with E-state index >= 15 is 0 Å². The Morgan fingerprint density at radius 3 is 2.27 bits per heavy atom. The summed E-state index contributed by atoms with van der Waals surface area (Å²) in [5.41, 5.74) is 5.02. The van der Waals surface area contributed by atoms with Crippen LogP contribution in [-0.4, -0.2) is 15.6 Å². The van der Waals surface area contributed by atoms with Crippen molar-refractivity contribution < 1.29 is 9.90 Å². The highest BCUT2D eigenvalue weighted by Gasteiger charge is 2.51. The minimum atomic E-state index is -0.912. The van der Waals surface area contributed by atoms with Crippen LogP contribution in [0.2, 0.25) is 5.02 Å². The van der Waals surface area contributed by atoms with Crippen molar-refractivity contribution in [2.24, 2.45) is 17.8 Å². The Labute approximate surface area is 199 Å². The lowest BCUT2D eigenvalue weighted by atomic mass is 9.48. The summed E-state index contributed by atoms with van der Waals surface area (Å²) in [6.45, 7) is 0.523. The maximum Gasteiger partial charge on any atom is 0.352 e. The van der Waals surface area contributed by atoms with Gasteiger partial charge in [0.15, 0.2) is 0 Å². The number of rotatable bonds is 6. The topological polar surface area (TPSA) is 54.3 Å². The molecule has 2 N–H and O–H groups in total. The van der Waals surface area contributed by atoms with Gasteiger partial charge in [0, 0.05) is 18.4 Å². The molecule has 3 aromatic rings. The molecule has 0 saturated heterocycles. The van der Waals surface area contributed by atoms with Crippen LogP contribution in [0.4, 0.5) is 11.4 Å². The lowest BCUT2D eigenvalue weighted by Gasteiger charge is -2.57.